The van der Waals surface area contributed by atoms with E-state index in [1.54, 1.807) is 18.2 Å². The summed E-state index contributed by atoms with van der Waals surface area (Å²) < 4.78 is 11.5. The lowest BCUT2D eigenvalue weighted by Gasteiger charge is -2.12. The molecule has 0 amide bonds. The number of Topliss-reactive ketones (excluding diaryl/α,β-unsaturated/α-hetero) is 1. The number of hydrogen-bond acceptors (Lipinski definition) is 3. The molecule has 0 radical (unpaired) electrons. The fraction of sp³-hybridized carbons (Fsp3) is 0.316. The number of alkyl halides is 1. The average Bonchev–Trinajstić information content (AvgIpc) is 2.58. The Morgan fingerprint density at radius 3 is 2.52 bits per heavy atom. The number of halogens is 1. The van der Waals surface area contributed by atoms with Crippen LogP contribution in [0.4, 0.5) is 0 Å². The number of benzene rings is 2. The molecule has 0 saturated heterocycles. The summed E-state index contributed by atoms with van der Waals surface area (Å²) in [6.45, 7) is 2.55. The quantitative estimate of drug-likeness (QED) is 0.373. The van der Waals surface area contributed by atoms with Crippen LogP contribution in [0.25, 0.3) is 0 Å². The first-order chi connectivity index (χ1) is 11.2. The van der Waals surface area contributed by atoms with Crippen LogP contribution in [0.3, 0.4) is 0 Å². The first-order valence-electron chi connectivity index (χ1n) is 7.71. The second-order valence-corrected chi connectivity index (χ2v) is 5.61. The second kappa shape index (κ2) is 9.21. The van der Waals surface area contributed by atoms with Gasteiger partial charge in [-0.25, -0.2) is 0 Å². The minimum atomic E-state index is -0.0213. The summed E-state index contributed by atoms with van der Waals surface area (Å²) in [5.74, 6) is 1.85. The Morgan fingerprint density at radius 1 is 1.04 bits per heavy atom. The van der Waals surface area contributed by atoms with Gasteiger partial charge >= 0.3 is 0 Å². The maximum Gasteiger partial charge on any atom is 0.163 e. The van der Waals surface area contributed by atoms with Crippen molar-refractivity contribution >= 4 is 17.4 Å². The smallest absolute Gasteiger partial charge is 0.163 e. The SMILES string of the molecule is CC(=O)c1ccc(OCc2ccccc2)cc1OCCCCCl. The first kappa shape index (κ1) is 17.4. The molecular weight excluding hydrogens is 312 g/mol. The van der Waals surface area contributed by atoms with E-state index in [0.29, 0.717) is 36.2 Å². The molecule has 0 heterocycles. The van der Waals surface area contributed by atoms with E-state index in [0.717, 1.165) is 18.4 Å². The Bertz CT molecular complexity index is 626. The first-order valence-corrected chi connectivity index (χ1v) is 8.24. The number of ether oxygens (including phenoxy) is 2. The lowest BCUT2D eigenvalue weighted by atomic mass is 10.1. The third kappa shape index (κ3) is 5.61. The van der Waals surface area contributed by atoms with Crippen LogP contribution in [0.5, 0.6) is 11.5 Å². The van der Waals surface area contributed by atoms with Gasteiger partial charge in [0.05, 0.1) is 12.2 Å². The molecule has 3 nitrogen and oxygen atoms in total. The zero-order valence-electron chi connectivity index (χ0n) is 13.3. The lowest BCUT2D eigenvalue weighted by Crippen LogP contribution is -2.04. The van der Waals surface area contributed by atoms with Crippen LogP contribution < -0.4 is 9.47 Å². The number of carbonyl (C=O) groups is 1. The number of rotatable bonds is 9. The second-order valence-electron chi connectivity index (χ2n) is 5.23. The van der Waals surface area contributed by atoms with Crippen molar-refractivity contribution in [3.05, 3.63) is 59.7 Å². The van der Waals surface area contributed by atoms with Crippen molar-refractivity contribution < 1.29 is 14.3 Å². The van der Waals surface area contributed by atoms with Crippen molar-refractivity contribution in [1.29, 1.82) is 0 Å². The standard InChI is InChI=1S/C19H21ClO3/c1-15(21)18-10-9-17(13-19(18)22-12-6-5-11-20)23-14-16-7-3-2-4-8-16/h2-4,7-10,13H,5-6,11-12,14H2,1H3. The highest BCUT2D eigenvalue weighted by atomic mass is 35.5. The molecular formula is C19H21ClO3. The van der Waals surface area contributed by atoms with Gasteiger partial charge in [-0.2, -0.15) is 0 Å². The molecule has 0 aliphatic heterocycles. The molecule has 0 fully saturated rings. The van der Waals surface area contributed by atoms with Gasteiger partial charge in [0.15, 0.2) is 5.78 Å². The van der Waals surface area contributed by atoms with Gasteiger partial charge in [0.2, 0.25) is 0 Å². The van der Waals surface area contributed by atoms with E-state index in [1.807, 2.05) is 30.3 Å². The number of ketones is 1. The van der Waals surface area contributed by atoms with Crippen LogP contribution in [-0.4, -0.2) is 18.3 Å². The molecule has 2 aromatic rings. The number of unbranched alkanes of at least 4 members (excludes halogenated alkanes) is 1. The monoisotopic (exact) mass is 332 g/mol. The third-order valence-electron chi connectivity index (χ3n) is 3.37. The summed E-state index contributed by atoms with van der Waals surface area (Å²) in [5, 5.41) is 0. The van der Waals surface area contributed by atoms with Gasteiger partial charge in [-0.05, 0) is 37.5 Å². The molecule has 2 aromatic carbocycles. The Kier molecular flexibility index (Phi) is 6.95. The summed E-state index contributed by atoms with van der Waals surface area (Å²) in [5.41, 5.74) is 1.66. The Balaban J connectivity index is 2.04. The van der Waals surface area contributed by atoms with Gasteiger partial charge in [0.25, 0.3) is 0 Å². The van der Waals surface area contributed by atoms with Crippen LogP contribution in [0.1, 0.15) is 35.7 Å². The summed E-state index contributed by atoms with van der Waals surface area (Å²) in [6.07, 6.45) is 1.75. The van der Waals surface area contributed by atoms with E-state index in [9.17, 15) is 4.79 Å². The van der Waals surface area contributed by atoms with Gasteiger partial charge in [-0.1, -0.05) is 30.3 Å². The average molecular weight is 333 g/mol. The largest absolute Gasteiger partial charge is 0.493 e. The number of carbonyl (C=O) groups excluding carboxylic acids is 1. The van der Waals surface area contributed by atoms with Crippen molar-refractivity contribution in [1.82, 2.24) is 0 Å². The molecule has 0 N–H and O–H groups in total. The fourth-order valence-electron chi connectivity index (χ4n) is 2.12. The molecule has 122 valence electrons. The third-order valence-corrected chi connectivity index (χ3v) is 3.63. The van der Waals surface area contributed by atoms with Crippen molar-refractivity contribution in [3.8, 4) is 11.5 Å². The molecule has 23 heavy (non-hydrogen) atoms. The minimum Gasteiger partial charge on any atom is -0.493 e. The van der Waals surface area contributed by atoms with E-state index in [-0.39, 0.29) is 5.78 Å². The van der Waals surface area contributed by atoms with Crippen LogP contribution in [0, 0.1) is 0 Å². The topological polar surface area (TPSA) is 35.5 Å². The van der Waals surface area contributed by atoms with Gasteiger partial charge in [-0.15, -0.1) is 11.6 Å². The minimum absolute atomic E-state index is 0.0213. The Morgan fingerprint density at radius 2 is 1.83 bits per heavy atom. The van der Waals surface area contributed by atoms with Crippen molar-refractivity contribution in [2.24, 2.45) is 0 Å². The Labute approximate surface area is 142 Å². The highest BCUT2D eigenvalue weighted by molar-refractivity contribution is 6.17. The predicted molar refractivity (Wildman–Crippen MR) is 92.7 cm³/mol. The van der Waals surface area contributed by atoms with E-state index in [1.165, 1.54) is 6.92 Å². The lowest BCUT2D eigenvalue weighted by molar-refractivity contribution is 0.101. The highest BCUT2D eigenvalue weighted by Crippen LogP contribution is 2.26. The Hall–Kier alpha value is -2.00. The summed E-state index contributed by atoms with van der Waals surface area (Å²) in [4.78, 5) is 11.7. The maximum absolute atomic E-state index is 11.7. The van der Waals surface area contributed by atoms with Gasteiger partial charge in [0, 0.05) is 11.9 Å². The van der Waals surface area contributed by atoms with Crippen LogP contribution in [0.2, 0.25) is 0 Å². The predicted octanol–water partition coefficient (Wildman–Crippen LogP) is 4.87. The zero-order valence-corrected chi connectivity index (χ0v) is 14.0. The van der Waals surface area contributed by atoms with Crippen LogP contribution in [0.15, 0.2) is 48.5 Å². The summed E-state index contributed by atoms with van der Waals surface area (Å²) >= 11 is 5.66. The van der Waals surface area contributed by atoms with Gasteiger partial charge in [0.1, 0.15) is 18.1 Å². The van der Waals surface area contributed by atoms with E-state index < -0.39 is 0 Å². The maximum atomic E-state index is 11.7. The molecule has 0 aliphatic rings. The molecule has 0 spiro atoms. The normalized spacial score (nSPS) is 10.3. The fourth-order valence-corrected chi connectivity index (χ4v) is 2.31. The van der Waals surface area contributed by atoms with Gasteiger partial charge in [-0.3, -0.25) is 4.79 Å². The van der Waals surface area contributed by atoms with Crippen LogP contribution in [-0.2, 0) is 6.61 Å². The van der Waals surface area contributed by atoms with Crippen LogP contribution >= 0.6 is 11.6 Å². The van der Waals surface area contributed by atoms with Crippen molar-refractivity contribution in [2.75, 3.05) is 12.5 Å². The molecule has 0 unspecified atom stereocenters. The van der Waals surface area contributed by atoms with E-state index >= 15 is 0 Å². The zero-order chi connectivity index (χ0) is 16.5. The summed E-state index contributed by atoms with van der Waals surface area (Å²) in [6, 6.07) is 15.3. The molecule has 4 heteroatoms. The van der Waals surface area contributed by atoms with E-state index in [4.69, 9.17) is 21.1 Å². The molecule has 0 bridgehead atoms. The molecule has 0 saturated carbocycles. The van der Waals surface area contributed by atoms with Gasteiger partial charge < -0.3 is 9.47 Å². The molecule has 2 rings (SSSR count). The number of hydrogen-bond donors (Lipinski definition) is 0. The summed E-state index contributed by atoms with van der Waals surface area (Å²) in [7, 11) is 0. The van der Waals surface area contributed by atoms with Crippen molar-refractivity contribution in [3.63, 3.8) is 0 Å². The van der Waals surface area contributed by atoms with Crippen molar-refractivity contribution in [2.45, 2.75) is 26.4 Å². The molecule has 0 aromatic heterocycles. The highest BCUT2D eigenvalue weighted by Gasteiger charge is 2.10. The van der Waals surface area contributed by atoms with E-state index in [2.05, 4.69) is 0 Å². The molecule has 0 aliphatic carbocycles. The molecule has 0 atom stereocenters.